The van der Waals surface area contributed by atoms with E-state index in [0.717, 1.165) is 6.08 Å². The summed E-state index contributed by atoms with van der Waals surface area (Å²) in [5, 5.41) is 10.1. The summed E-state index contributed by atoms with van der Waals surface area (Å²) in [4.78, 5) is 9.56. The highest BCUT2D eigenvalue weighted by molar-refractivity contribution is 7.79. The van der Waals surface area contributed by atoms with Gasteiger partial charge in [-0.1, -0.05) is 17.2 Å². The molecule has 0 aromatic heterocycles. The minimum absolute atomic E-state index is 0.111. The Bertz CT molecular complexity index is 246. The summed E-state index contributed by atoms with van der Waals surface area (Å²) in [5.74, 6) is -0.203. The van der Waals surface area contributed by atoms with Crippen molar-refractivity contribution in [3.05, 3.63) is 34.0 Å². The van der Waals surface area contributed by atoms with Gasteiger partial charge in [0, 0.05) is 11.8 Å². The van der Waals surface area contributed by atoms with E-state index in [9.17, 15) is 18.9 Å². The first-order valence-corrected chi connectivity index (χ1v) is 4.35. The Morgan fingerprint density at radius 1 is 1.67 bits per heavy atom. The Labute approximate surface area is 72.2 Å². The van der Waals surface area contributed by atoms with Crippen LogP contribution >= 0.6 is 0 Å². The van der Waals surface area contributed by atoms with E-state index in [1.54, 1.807) is 0 Å². The molecule has 0 fully saturated rings. The fourth-order valence-corrected chi connectivity index (χ4v) is 0.763. The molecular weight excluding hydrogens is 182 g/mol. The van der Waals surface area contributed by atoms with Crippen molar-refractivity contribution >= 4 is 11.1 Å². The van der Waals surface area contributed by atoms with Gasteiger partial charge in [0.05, 0.1) is 4.92 Å². The van der Waals surface area contributed by atoms with E-state index in [1.807, 2.05) is 0 Å². The van der Waals surface area contributed by atoms with Crippen molar-refractivity contribution in [3.63, 3.8) is 0 Å². The monoisotopic (exact) mass is 190 g/mol. The van der Waals surface area contributed by atoms with Gasteiger partial charge in [-0.3, -0.25) is 14.3 Å². The van der Waals surface area contributed by atoms with Gasteiger partial charge in [-0.15, -0.1) is 0 Å². The predicted octanol–water partition coefficient (Wildman–Crippen LogP) is 0.602. The van der Waals surface area contributed by atoms with Gasteiger partial charge in [0.15, 0.2) is 0 Å². The van der Waals surface area contributed by atoms with Crippen LogP contribution in [-0.2, 0) is 11.1 Å². The van der Waals surface area contributed by atoms with E-state index in [0.29, 0.717) is 0 Å². The van der Waals surface area contributed by atoms with Gasteiger partial charge in [-0.25, -0.2) is 0 Å². The van der Waals surface area contributed by atoms with Gasteiger partial charge in [0.25, 0.3) is 5.70 Å². The van der Waals surface area contributed by atoms with E-state index in [2.05, 4.69) is 0 Å². The van der Waals surface area contributed by atoms with Crippen LogP contribution in [0.1, 0.15) is 6.92 Å². The molecule has 6 heteroatoms. The van der Waals surface area contributed by atoms with E-state index in [1.165, 1.54) is 19.1 Å². The average Bonchev–Trinajstić information content (AvgIpc) is 1.96. The summed E-state index contributed by atoms with van der Waals surface area (Å²) in [7, 11) is 0. The molecule has 0 spiro atoms. The first kappa shape index (κ1) is 11.0. The van der Waals surface area contributed by atoms with Crippen molar-refractivity contribution in [2.24, 2.45) is 0 Å². The van der Waals surface area contributed by atoms with Crippen LogP contribution in [0.25, 0.3) is 0 Å². The lowest BCUT2D eigenvalue weighted by molar-refractivity contribution is -0.419. The summed E-state index contributed by atoms with van der Waals surface area (Å²) < 4.78 is 20.0. The second-order valence-electron chi connectivity index (χ2n) is 1.84. The van der Waals surface area contributed by atoms with Gasteiger partial charge >= 0.3 is 0 Å². The SMILES string of the molecule is CC=C(C=CCS(=O)[O-])[N+](=O)[O-]. The van der Waals surface area contributed by atoms with Gasteiger partial charge in [-0.2, -0.15) is 0 Å². The quantitative estimate of drug-likeness (QED) is 0.281. The zero-order valence-corrected chi connectivity index (χ0v) is 7.24. The van der Waals surface area contributed by atoms with E-state index in [4.69, 9.17) is 0 Å². The molecule has 5 nitrogen and oxygen atoms in total. The van der Waals surface area contributed by atoms with Crippen LogP contribution in [0.3, 0.4) is 0 Å². The standard InChI is InChI=1S/C6H9NO4S/c1-2-6(7(8)9)4-3-5-12(10)11/h2-4H,5H2,1H3,(H,10,11)/p-1. The smallest absolute Gasteiger partial charge is 0.264 e. The highest BCUT2D eigenvalue weighted by Gasteiger charge is 2.01. The van der Waals surface area contributed by atoms with Crippen molar-refractivity contribution in [1.82, 2.24) is 0 Å². The molecule has 1 unspecified atom stereocenters. The molecule has 12 heavy (non-hydrogen) atoms. The first-order chi connectivity index (χ1) is 5.57. The topological polar surface area (TPSA) is 83.3 Å². The maximum absolute atomic E-state index is 10.1. The van der Waals surface area contributed by atoms with E-state index >= 15 is 0 Å². The summed E-state index contributed by atoms with van der Waals surface area (Å²) in [6, 6.07) is 0. The second kappa shape index (κ2) is 5.62. The molecule has 0 bridgehead atoms. The second-order valence-corrected chi connectivity index (χ2v) is 2.78. The molecule has 0 aliphatic heterocycles. The van der Waals surface area contributed by atoms with Gasteiger partial charge < -0.3 is 4.55 Å². The third-order valence-corrected chi connectivity index (χ3v) is 1.49. The number of hydrogen-bond acceptors (Lipinski definition) is 4. The number of rotatable bonds is 4. The lowest BCUT2D eigenvalue weighted by Gasteiger charge is -1.97. The van der Waals surface area contributed by atoms with Crippen LogP contribution in [0.5, 0.6) is 0 Å². The Morgan fingerprint density at radius 2 is 2.25 bits per heavy atom. The van der Waals surface area contributed by atoms with Crippen LogP contribution in [0, 0.1) is 10.1 Å². The molecule has 0 aromatic rings. The third kappa shape index (κ3) is 4.75. The average molecular weight is 190 g/mol. The molecule has 1 atom stereocenters. The predicted molar refractivity (Wildman–Crippen MR) is 43.7 cm³/mol. The number of hydrogen-bond donors (Lipinski definition) is 0. The number of nitro groups is 1. The van der Waals surface area contributed by atoms with Crippen molar-refractivity contribution in [2.45, 2.75) is 6.92 Å². The van der Waals surface area contributed by atoms with Crippen LogP contribution in [0.4, 0.5) is 0 Å². The highest BCUT2D eigenvalue weighted by Crippen LogP contribution is 1.96. The zero-order chi connectivity index (χ0) is 9.56. The minimum atomic E-state index is -2.18. The van der Waals surface area contributed by atoms with Crippen LogP contribution in [-0.4, -0.2) is 19.4 Å². The van der Waals surface area contributed by atoms with Crippen LogP contribution in [0.15, 0.2) is 23.9 Å². The van der Waals surface area contributed by atoms with Gasteiger partial charge in [0.1, 0.15) is 0 Å². The molecule has 0 amide bonds. The maximum atomic E-state index is 10.1. The Kier molecular flexibility index (Phi) is 5.14. The Hall–Kier alpha value is -1.01. The summed E-state index contributed by atoms with van der Waals surface area (Å²) in [6.45, 7) is 1.51. The fourth-order valence-electron chi connectivity index (χ4n) is 0.510. The largest absolute Gasteiger partial charge is 0.772 e. The third-order valence-electron chi connectivity index (χ3n) is 1.03. The maximum Gasteiger partial charge on any atom is 0.264 e. The summed E-state index contributed by atoms with van der Waals surface area (Å²) >= 11 is -2.18. The molecule has 0 N–H and O–H groups in total. The molecular formula is C6H8NO4S-. The highest BCUT2D eigenvalue weighted by atomic mass is 32.2. The van der Waals surface area contributed by atoms with E-state index < -0.39 is 16.0 Å². The van der Waals surface area contributed by atoms with Crippen molar-refractivity contribution in [1.29, 1.82) is 0 Å². The molecule has 0 heterocycles. The minimum Gasteiger partial charge on any atom is -0.772 e. The molecule has 68 valence electrons. The molecule has 0 saturated carbocycles. The number of nitrogens with zero attached hydrogens (tertiary/aromatic N) is 1. The summed E-state index contributed by atoms with van der Waals surface area (Å²) in [6.07, 6.45) is 3.68. The lowest BCUT2D eigenvalue weighted by atomic mass is 10.4. The Morgan fingerprint density at radius 3 is 2.58 bits per heavy atom. The molecule has 0 aliphatic carbocycles. The van der Waals surface area contributed by atoms with Crippen LogP contribution < -0.4 is 0 Å². The molecule has 0 saturated heterocycles. The zero-order valence-electron chi connectivity index (χ0n) is 6.43. The van der Waals surface area contributed by atoms with Crippen molar-refractivity contribution in [3.8, 4) is 0 Å². The van der Waals surface area contributed by atoms with Crippen molar-refractivity contribution < 1.29 is 13.7 Å². The Balaban J connectivity index is 4.13. The molecule has 0 radical (unpaired) electrons. The molecule has 0 aromatic carbocycles. The number of allylic oxidation sites excluding steroid dienone is 2. The first-order valence-electron chi connectivity index (χ1n) is 3.11. The van der Waals surface area contributed by atoms with Gasteiger partial charge in [0.2, 0.25) is 0 Å². The van der Waals surface area contributed by atoms with Crippen molar-refractivity contribution in [2.75, 3.05) is 5.75 Å². The lowest BCUT2D eigenvalue weighted by Crippen LogP contribution is -1.96. The fraction of sp³-hybridized carbons (Fsp3) is 0.333. The molecule has 0 rings (SSSR count). The summed E-state index contributed by atoms with van der Waals surface area (Å²) in [5.41, 5.74) is -0.111. The van der Waals surface area contributed by atoms with Gasteiger partial charge in [-0.05, 0) is 13.0 Å². The van der Waals surface area contributed by atoms with Crippen LogP contribution in [0.2, 0.25) is 0 Å². The normalized spacial score (nSPS) is 15.0. The molecule has 0 aliphatic rings. The van der Waals surface area contributed by atoms with E-state index in [-0.39, 0.29) is 11.4 Å².